The number of carbonyl (C=O) groups is 1. The Kier molecular flexibility index (Phi) is 2.52. The summed E-state index contributed by atoms with van der Waals surface area (Å²) >= 11 is 0. The van der Waals surface area contributed by atoms with E-state index >= 15 is 0 Å². The van der Waals surface area contributed by atoms with E-state index in [1.54, 1.807) is 6.07 Å². The van der Waals surface area contributed by atoms with Crippen molar-refractivity contribution in [1.82, 2.24) is 10.2 Å². The molecular formula is C11H12N2O3. The first-order chi connectivity index (χ1) is 7.61. The van der Waals surface area contributed by atoms with Gasteiger partial charge in [0.1, 0.15) is 17.2 Å². The zero-order valence-electron chi connectivity index (χ0n) is 9.33. The zero-order valence-corrected chi connectivity index (χ0v) is 9.33. The lowest BCUT2D eigenvalue weighted by atomic mass is 10.2. The summed E-state index contributed by atoms with van der Waals surface area (Å²) in [5.41, 5.74) is 1.88. The van der Waals surface area contributed by atoms with Crippen molar-refractivity contribution in [1.29, 1.82) is 0 Å². The van der Waals surface area contributed by atoms with Gasteiger partial charge in [-0.3, -0.25) is 5.10 Å². The molecule has 0 saturated carbocycles. The van der Waals surface area contributed by atoms with Crippen molar-refractivity contribution >= 4 is 5.97 Å². The molecule has 5 nitrogen and oxygen atoms in total. The summed E-state index contributed by atoms with van der Waals surface area (Å²) in [6, 6.07) is 3.52. The van der Waals surface area contributed by atoms with E-state index < -0.39 is 5.97 Å². The highest BCUT2D eigenvalue weighted by molar-refractivity contribution is 5.88. The van der Waals surface area contributed by atoms with Crippen molar-refractivity contribution < 1.29 is 13.9 Å². The van der Waals surface area contributed by atoms with Gasteiger partial charge >= 0.3 is 5.97 Å². The van der Waals surface area contributed by atoms with Crippen LogP contribution in [0.25, 0.3) is 11.3 Å². The standard InChI is InChI=1S/C11H12N2O3/c1-6-4-8(7(2)16-6)9-5-10(13-12-9)11(14)15-3/h4-5H,1-3H3,(H,12,13). The number of aryl methyl sites for hydroxylation is 2. The lowest BCUT2D eigenvalue weighted by Crippen LogP contribution is -2.00. The van der Waals surface area contributed by atoms with E-state index in [1.807, 2.05) is 19.9 Å². The third-order valence-electron chi connectivity index (χ3n) is 2.30. The number of H-pyrrole nitrogens is 1. The molecule has 0 aliphatic rings. The minimum atomic E-state index is -0.434. The van der Waals surface area contributed by atoms with Crippen molar-refractivity contribution in [2.75, 3.05) is 7.11 Å². The van der Waals surface area contributed by atoms with E-state index in [0.717, 1.165) is 17.1 Å². The first-order valence-corrected chi connectivity index (χ1v) is 4.83. The van der Waals surface area contributed by atoms with Gasteiger partial charge < -0.3 is 9.15 Å². The van der Waals surface area contributed by atoms with E-state index in [1.165, 1.54) is 7.11 Å². The van der Waals surface area contributed by atoms with Gasteiger partial charge in [0.25, 0.3) is 0 Å². The molecular weight excluding hydrogens is 208 g/mol. The maximum atomic E-state index is 11.2. The van der Waals surface area contributed by atoms with Crippen molar-refractivity contribution in [3.8, 4) is 11.3 Å². The van der Waals surface area contributed by atoms with E-state index in [2.05, 4.69) is 14.9 Å². The van der Waals surface area contributed by atoms with Gasteiger partial charge in [-0.2, -0.15) is 5.10 Å². The van der Waals surface area contributed by atoms with E-state index in [0.29, 0.717) is 11.4 Å². The summed E-state index contributed by atoms with van der Waals surface area (Å²) in [6.45, 7) is 3.72. The minimum absolute atomic E-state index is 0.329. The molecule has 2 heterocycles. The number of methoxy groups -OCH3 is 1. The summed E-state index contributed by atoms with van der Waals surface area (Å²) < 4.78 is 9.98. The van der Waals surface area contributed by atoms with E-state index in [-0.39, 0.29) is 0 Å². The molecule has 0 unspecified atom stereocenters. The number of furan rings is 1. The van der Waals surface area contributed by atoms with Crippen molar-refractivity contribution in [2.45, 2.75) is 13.8 Å². The molecule has 2 aromatic heterocycles. The van der Waals surface area contributed by atoms with Crippen LogP contribution in [0.3, 0.4) is 0 Å². The lowest BCUT2D eigenvalue weighted by molar-refractivity contribution is 0.0594. The van der Waals surface area contributed by atoms with Gasteiger partial charge in [-0.1, -0.05) is 0 Å². The molecule has 2 rings (SSSR count). The molecule has 16 heavy (non-hydrogen) atoms. The van der Waals surface area contributed by atoms with Crippen LogP contribution in [0, 0.1) is 13.8 Å². The zero-order chi connectivity index (χ0) is 11.7. The highest BCUT2D eigenvalue weighted by Gasteiger charge is 2.14. The number of aromatic nitrogens is 2. The predicted molar refractivity (Wildman–Crippen MR) is 57.1 cm³/mol. The van der Waals surface area contributed by atoms with Gasteiger partial charge in [0.05, 0.1) is 12.8 Å². The molecule has 0 fully saturated rings. The summed E-state index contributed by atoms with van der Waals surface area (Å²) in [5.74, 6) is 1.16. The fraction of sp³-hybridized carbons (Fsp3) is 0.273. The quantitative estimate of drug-likeness (QED) is 0.786. The topological polar surface area (TPSA) is 68.1 Å². The second kappa shape index (κ2) is 3.84. The Hall–Kier alpha value is -2.04. The molecule has 0 radical (unpaired) electrons. The van der Waals surface area contributed by atoms with Crippen LogP contribution in [0.15, 0.2) is 16.5 Å². The third-order valence-corrected chi connectivity index (χ3v) is 2.30. The molecule has 5 heteroatoms. The monoisotopic (exact) mass is 220 g/mol. The first kappa shape index (κ1) is 10.5. The molecule has 0 bridgehead atoms. The average molecular weight is 220 g/mol. The Morgan fingerprint density at radius 3 is 2.75 bits per heavy atom. The molecule has 0 spiro atoms. The number of hydrogen-bond acceptors (Lipinski definition) is 4. The first-order valence-electron chi connectivity index (χ1n) is 4.83. The maximum absolute atomic E-state index is 11.2. The second-order valence-electron chi connectivity index (χ2n) is 3.49. The van der Waals surface area contributed by atoms with Gasteiger partial charge in [-0.05, 0) is 26.0 Å². The van der Waals surface area contributed by atoms with E-state index in [9.17, 15) is 4.79 Å². The summed E-state index contributed by atoms with van der Waals surface area (Å²) in [5, 5.41) is 6.67. The number of nitrogens with one attached hydrogen (secondary N) is 1. The average Bonchev–Trinajstić information content (AvgIpc) is 2.83. The SMILES string of the molecule is COC(=O)c1cc(-c2cc(C)oc2C)n[nH]1. The smallest absolute Gasteiger partial charge is 0.356 e. The van der Waals surface area contributed by atoms with Crippen LogP contribution in [0.1, 0.15) is 22.0 Å². The summed E-state index contributed by atoms with van der Waals surface area (Å²) in [4.78, 5) is 11.2. The fourth-order valence-electron chi connectivity index (χ4n) is 1.56. The van der Waals surface area contributed by atoms with Gasteiger partial charge in [0, 0.05) is 5.56 Å². The highest BCUT2D eigenvalue weighted by Crippen LogP contribution is 2.25. The molecule has 0 saturated heterocycles. The lowest BCUT2D eigenvalue weighted by Gasteiger charge is -1.91. The number of esters is 1. The van der Waals surface area contributed by atoms with Gasteiger partial charge in [-0.25, -0.2) is 4.79 Å². The van der Waals surface area contributed by atoms with Crippen LogP contribution < -0.4 is 0 Å². The molecule has 0 aromatic carbocycles. The van der Waals surface area contributed by atoms with Crippen molar-refractivity contribution in [3.05, 3.63) is 29.3 Å². The number of hydrogen-bond donors (Lipinski definition) is 1. The molecule has 0 amide bonds. The molecule has 0 aliphatic carbocycles. The number of aromatic amines is 1. The second-order valence-corrected chi connectivity index (χ2v) is 3.49. The van der Waals surface area contributed by atoms with Crippen LogP contribution in [0.2, 0.25) is 0 Å². The van der Waals surface area contributed by atoms with Crippen LogP contribution >= 0.6 is 0 Å². The van der Waals surface area contributed by atoms with Crippen LogP contribution in [0.4, 0.5) is 0 Å². The molecule has 0 aliphatic heterocycles. The molecule has 1 N–H and O–H groups in total. The van der Waals surface area contributed by atoms with Crippen LogP contribution in [-0.2, 0) is 4.74 Å². The van der Waals surface area contributed by atoms with Gasteiger partial charge in [0.2, 0.25) is 0 Å². The van der Waals surface area contributed by atoms with Gasteiger partial charge in [0.15, 0.2) is 0 Å². The molecule has 84 valence electrons. The predicted octanol–water partition coefficient (Wildman–Crippen LogP) is 2.07. The Morgan fingerprint density at radius 1 is 1.44 bits per heavy atom. The van der Waals surface area contributed by atoms with E-state index in [4.69, 9.17) is 4.42 Å². The Bertz CT molecular complexity index is 525. The highest BCUT2D eigenvalue weighted by atomic mass is 16.5. The molecule has 0 atom stereocenters. The molecule has 2 aromatic rings. The van der Waals surface area contributed by atoms with Crippen molar-refractivity contribution in [2.24, 2.45) is 0 Å². The number of rotatable bonds is 2. The Balaban J connectivity index is 2.38. The van der Waals surface area contributed by atoms with Crippen LogP contribution in [0.5, 0.6) is 0 Å². The minimum Gasteiger partial charge on any atom is -0.466 e. The van der Waals surface area contributed by atoms with Crippen LogP contribution in [-0.4, -0.2) is 23.3 Å². The Labute approximate surface area is 92.4 Å². The Morgan fingerprint density at radius 2 is 2.19 bits per heavy atom. The van der Waals surface area contributed by atoms with Gasteiger partial charge in [-0.15, -0.1) is 0 Å². The van der Waals surface area contributed by atoms with Crippen molar-refractivity contribution in [3.63, 3.8) is 0 Å². The third kappa shape index (κ3) is 1.71. The normalized spacial score (nSPS) is 10.4. The fourth-order valence-corrected chi connectivity index (χ4v) is 1.56. The number of ether oxygens (including phenoxy) is 1. The maximum Gasteiger partial charge on any atom is 0.356 e. The number of carbonyl (C=O) groups excluding carboxylic acids is 1. The largest absolute Gasteiger partial charge is 0.466 e. The summed E-state index contributed by atoms with van der Waals surface area (Å²) in [7, 11) is 1.33. The number of nitrogens with zero attached hydrogens (tertiary/aromatic N) is 1. The summed E-state index contributed by atoms with van der Waals surface area (Å²) in [6.07, 6.45) is 0.